The Bertz CT molecular complexity index is 719. The van der Waals surface area contributed by atoms with Crippen LogP contribution in [0.15, 0.2) is 81.7 Å². The minimum Gasteiger partial charge on any atom is -0.381 e. The van der Waals surface area contributed by atoms with Gasteiger partial charge >= 0.3 is 0 Å². The molecule has 0 radical (unpaired) electrons. The van der Waals surface area contributed by atoms with Gasteiger partial charge in [0.2, 0.25) is 0 Å². The SMILES string of the molecule is Brc1ccc(CNc2cccc(NCc3ccc(Br)cc3)c2)cc1. The molecule has 2 N–H and O–H groups in total. The fourth-order valence-corrected chi connectivity index (χ4v) is 2.88. The van der Waals surface area contributed by atoms with Gasteiger partial charge in [0, 0.05) is 33.4 Å². The lowest BCUT2D eigenvalue weighted by Crippen LogP contribution is -2.02. The number of benzene rings is 3. The molecular weight excluding hydrogens is 428 g/mol. The summed E-state index contributed by atoms with van der Waals surface area (Å²) in [6.45, 7) is 1.62. The van der Waals surface area contributed by atoms with Gasteiger partial charge in [0.05, 0.1) is 0 Å². The van der Waals surface area contributed by atoms with Crippen LogP contribution >= 0.6 is 31.9 Å². The summed E-state index contributed by atoms with van der Waals surface area (Å²) in [7, 11) is 0. The lowest BCUT2D eigenvalue weighted by Gasteiger charge is -2.11. The largest absolute Gasteiger partial charge is 0.381 e. The maximum atomic E-state index is 3.46. The predicted molar refractivity (Wildman–Crippen MR) is 109 cm³/mol. The van der Waals surface area contributed by atoms with Crippen LogP contribution in [0.25, 0.3) is 0 Å². The second-order valence-electron chi connectivity index (χ2n) is 5.54. The number of hydrogen-bond donors (Lipinski definition) is 2. The molecule has 0 fully saturated rings. The highest BCUT2D eigenvalue weighted by Gasteiger charge is 1.98. The Balaban J connectivity index is 1.57. The first-order valence-electron chi connectivity index (χ1n) is 7.76. The molecule has 122 valence electrons. The molecule has 3 aromatic rings. The van der Waals surface area contributed by atoms with E-state index in [0.29, 0.717) is 0 Å². The van der Waals surface area contributed by atoms with Crippen molar-refractivity contribution in [3.8, 4) is 0 Å². The van der Waals surface area contributed by atoms with E-state index in [0.717, 1.165) is 33.4 Å². The molecule has 0 spiro atoms. The van der Waals surface area contributed by atoms with Gasteiger partial charge in [0.1, 0.15) is 0 Å². The van der Waals surface area contributed by atoms with Gasteiger partial charge in [-0.15, -0.1) is 0 Å². The molecule has 0 saturated heterocycles. The molecule has 0 aliphatic carbocycles. The van der Waals surface area contributed by atoms with Crippen molar-refractivity contribution in [3.63, 3.8) is 0 Å². The van der Waals surface area contributed by atoms with Crippen molar-refractivity contribution in [1.29, 1.82) is 0 Å². The van der Waals surface area contributed by atoms with Crippen molar-refractivity contribution >= 4 is 43.2 Å². The zero-order valence-electron chi connectivity index (χ0n) is 13.1. The Hall–Kier alpha value is -1.78. The predicted octanol–water partition coefficient (Wildman–Crippen LogP) is 6.44. The summed E-state index contributed by atoms with van der Waals surface area (Å²) in [6, 6.07) is 25.1. The molecule has 0 bridgehead atoms. The van der Waals surface area contributed by atoms with Gasteiger partial charge in [0.25, 0.3) is 0 Å². The minimum absolute atomic E-state index is 0.809. The van der Waals surface area contributed by atoms with E-state index in [2.05, 4.69) is 115 Å². The number of nitrogens with one attached hydrogen (secondary N) is 2. The van der Waals surface area contributed by atoms with Crippen LogP contribution in [0.2, 0.25) is 0 Å². The maximum Gasteiger partial charge on any atom is 0.0400 e. The molecule has 0 aliphatic heterocycles. The summed E-state index contributed by atoms with van der Waals surface area (Å²) in [4.78, 5) is 0. The molecule has 2 nitrogen and oxygen atoms in total. The normalized spacial score (nSPS) is 10.4. The van der Waals surface area contributed by atoms with Gasteiger partial charge in [-0.1, -0.05) is 62.2 Å². The molecular formula is C20H18Br2N2. The molecule has 3 rings (SSSR count). The molecule has 3 aromatic carbocycles. The summed E-state index contributed by atoms with van der Waals surface area (Å²) in [5.41, 5.74) is 4.73. The van der Waals surface area contributed by atoms with E-state index in [9.17, 15) is 0 Å². The summed E-state index contributed by atoms with van der Waals surface area (Å²) in [5, 5.41) is 6.93. The van der Waals surface area contributed by atoms with E-state index in [1.165, 1.54) is 11.1 Å². The third kappa shape index (κ3) is 5.11. The molecule has 0 aromatic heterocycles. The zero-order chi connectivity index (χ0) is 16.8. The second-order valence-corrected chi connectivity index (χ2v) is 7.37. The van der Waals surface area contributed by atoms with Crippen LogP contribution < -0.4 is 10.6 Å². The van der Waals surface area contributed by atoms with E-state index in [-0.39, 0.29) is 0 Å². The first kappa shape index (κ1) is 17.1. The Morgan fingerprint density at radius 1 is 0.583 bits per heavy atom. The van der Waals surface area contributed by atoms with Crippen LogP contribution in [0.5, 0.6) is 0 Å². The summed E-state index contributed by atoms with van der Waals surface area (Å²) in [6.07, 6.45) is 0. The molecule has 0 aliphatic rings. The van der Waals surface area contributed by atoms with E-state index >= 15 is 0 Å². The van der Waals surface area contributed by atoms with E-state index in [4.69, 9.17) is 0 Å². The van der Waals surface area contributed by atoms with Crippen LogP contribution in [-0.4, -0.2) is 0 Å². The quantitative estimate of drug-likeness (QED) is 0.456. The number of halogens is 2. The fourth-order valence-electron chi connectivity index (χ4n) is 2.35. The van der Waals surface area contributed by atoms with Gasteiger partial charge in [-0.25, -0.2) is 0 Å². The van der Waals surface area contributed by atoms with Crippen molar-refractivity contribution < 1.29 is 0 Å². The van der Waals surface area contributed by atoms with Crippen LogP contribution in [0.4, 0.5) is 11.4 Å². The summed E-state index contributed by atoms with van der Waals surface area (Å²) >= 11 is 6.92. The molecule has 0 unspecified atom stereocenters. The van der Waals surface area contributed by atoms with Crippen molar-refractivity contribution in [2.24, 2.45) is 0 Å². The highest BCUT2D eigenvalue weighted by molar-refractivity contribution is 9.10. The maximum absolute atomic E-state index is 3.46. The van der Waals surface area contributed by atoms with Gasteiger partial charge in [-0.3, -0.25) is 0 Å². The van der Waals surface area contributed by atoms with Gasteiger partial charge < -0.3 is 10.6 Å². The van der Waals surface area contributed by atoms with E-state index in [1.54, 1.807) is 0 Å². The molecule has 0 amide bonds. The van der Waals surface area contributed by atoms with Gasteiger partial charge in [0.15, 0.2) is 0 Å². The third-order valence-electron chi connectivity index (χ3n) is 3.68. The Kier molecular flexibility index (Phi) is 5.94. The van der Waals surface area contributed by atoms with Crippen molar-refractivity contribution in [1.82, 2.24) is 0 Å². The third-order valence-corrected chi connectivity index (χ3v) is 4.74. The first-order valence-corrected chi connectivity index (χ1v) is 9.34. The standard InChI is InChI=1S/C20H18Br2N2/c21-17-8-4-15(5-9-17)13-23-19-2-1-3-20(12-19)24-14-16-6-10-18(22)11-7-16/h1-12,23-24H,13-14H2. The second kappa shape index (κ2) is 8.36. The Morgan fingerprint density at radius 3 is 1.42 bits per heavy atom. The van der Waals surface area contributed by atoms with Crippen molar-refractivity contribution in [2.75, 3.05) is 10.6 Å². The van der Waals surface area contributed by atoms with Gasteiger partial charge in [-0.05, 0) is 53.6 Å². The molecule has 4 heteroatoms. The molecule has 24 heavy (non-hydrogen) atoms. The average molecular weight is 446 g/mol. The van der Waals surface area contributed by atoms with E-state index in [1.807, 2.05) is 0 Å². The summed E-state index contributed by atoms with van der Waals surface area (Å²) in [5.74, 6) is 0. The average Bonchev–Trinajstić information content (AvgIpc) is 2.61. The van der Waals surface area contributed by atoms with Crippen LogP contribution in [-0.2, 0) is 13.1 Å². The lowest BCUT2D eigenvalue weighted by atomic mass is 10.2. The fraction of sp³-hybridized carbons (Fsp3) is 0.100. The molecule has 0 atom stereocenters. The number of hydrogen-bond acceptors (Lipinski definition) is 2. The topological polar surface area (TPSA) is 24.1 Å². The van der Waals surface area contributed by atoms with Crippen LogP contribution in [0, 0.1) is 0 Å². The highest BCUT2D eigenvalue weighted by atomic mass is 79.9. The van der Waals surface area contributed by atoms with Crippen molar-refractivity contribution in [2.45, 2.75) is 13.1 Å². The Labute approximate surface area is 159 Å². The monoisotopic (exact) mass is 444 g/mol. The van der Waals surface area contributed by atoms with Crippen LogP contribution in [0.1, 0.15) is 11.1 Å². The van der Waals surface area contributed by atoms with Crippen LogP contribution in [0.3, 0.4) is 0 Å². The van der Waals surface area contributed by atoms with Crippen molar-refractivity contribution in [3.05, 3.63) is 92.9 Å². The molecule has 0 saturated carbocycles. The highest BCUT2D eigenvalue weighted by Crippen LogP contribution is 2.18. The minimum atomic E-state index is 0.809. The van der Waals surface area contributed by atoms with E-state index < -0.39 is 0 Å². The smallest absolute Gasteiger partial charge is 0.0400 e. The first-order chi connectivity index (χ1) is 11.7. The molecule has 0 heterocycles. The lowest BCUT2D eigenvalue weighted by molar-refractivity contribution is 1.13. The summed E-state index contributed by atoms with van der Waals surface area (Å²) < 4.78 is 2.20. The number of rotatable bonds is 6. The zero-order valence-corrected chi connectivity index (χ0v) is 16.3. The van der Waals surface area contributed by atoms with Gasteiger partial charge in [-0.2, -0.15) is 0 Å². The number of anilines is 2. The Morgan fingerprint density at radius 2 is 1.00 bits per heavy atom.